The summed E-state index contributed by atoms with van der Waals surface area (Å²) in [5.41, 5.74) is 4.82. The number of fused-ring (bicyclic) bond motifs is 1. The van der Waals surface area contributed by atoms with Gasteiger partial charge in [0.2, 0.25) is 5.76 Å². The summed E-state index contributed by atoms with van der Waals surface area (Å²) in [6.07, 6.45) is 1.94. The molecule has 4 aromatic rings. The second-order valence-electron chi connectivity index (χ2n) is 7.63. The van der Waals surface area contributed by atoms with Crippen LogP contribution in [0.2, 0.25) is 0 Å². The van der Waals surface area contributed by atoms with Crippen molar-refractivity contribution in [2.45, 2.75) is 25.7 Å². The lowest BCUT2D eigenvalue weighted by atomic mass is 9.97. The largest absolute Gasteiger partial charge is 0.350 e. The van der Waals surface area contributed by atoms with Crippen LogP contribution < -0.4 is 0 Å². The number of piperidine rings is 1. The fourth-order valence-electron chi connectivity index (χ4n) is 4.05. The summed E-state index contributed by atoms with van der Waals surface area (Å²) in [6.45, 7) is 3.41. The average molecular weight is 386 g/mol. The topological polar surface area (TPSA) is 75.0 Å². The number of rotatable bonds is 3. The standard InChI is InChI=1S/C23H22N4O2/c1-15-7-5-11-18-21(15)25-22(24-18)17-10-6-12-27(14-17)23(28)20-13-19(26-29-20)16-8-3-2-4-9-16/h2-5,7-9,11,13,17H,6,10,12,14H2,1H3,(H,24,25). The van der Waals surface area contributed by atoms with E-state index in [1.165, 1.54) is 0 Å². The number of benzene rings is 2. The van der Waals surface area contributed by atoms with E-state index in [1.807, 2.05) is 47.4 Å². The third kappa shape index (κ3) is 3.31. The van der Waals surface area contributed by atoms with Gasteiger partial charge in [0, 0.05) is 30.6 Å². The first-order valence-electron chi connectivity index (χ1n) is 9.95. The Hall–Kier alpha value is -3.41. The van der Waals surface area contributed by atoms with Crippen molar-refractivity contribution >= 4 is 16.9 Å². The molecule has 2 aromatic heterocycles. The lowest BCUT2D eigenvalue weighted by molar-refractivity contribution is 0.0663. The summed E-state index contributed by atoms with van der Waals surface area (Å²) < 4.78 is 5.37. The Morgan fingerprint density at radius 3 is 2.86 bits per heavy atom. The molecule has 6 heteroatoms. The highest BCUT2D eigenvalue weighted by Gasteiger charge is 2.29. The van der Waals surface area contributed by atoms with Crippen LogP contribution in [0.4, 0.5) is 0 Å². The minimum atomic E-state index is -0.114. The van der Waals surface area contributed by atoms with Crippen LogP contribution in [-0.4, -0.2) is 39.0 Å². The number of aryl methyl sites for hydroxylation is 1. The van der Waals surface area contributed by atoms with Gasteiger partial charge in [0.15, 0.2) is 0 Å². The monoisotopic (exact) mass is 386 g/mol. The molecule has 0 radical (unpaired) electrons. The number of aromatic amines is 1. The highest BCUT2D eigenvalue weighted by molar-refractivity contribution is 5.92. The molecule has 1 amide bonds. The fourth-order valence-corrected chi connectivity index (χ4v) is 4.05. The number of amides is 1. The second kappa shape index (κ2) is 7.20. The molecule has 1 atom stereocenters. The minimum absolute atomic E-state index is 0.114. The first-order valence-corrected chi connectivity index (χ1v) is 9.95. The van der Waals surface area contributed by atoms with Crippen LogP contribution in [0.3, 0.4) is 0 Å². The van der Waals surface area contributed by atoms with Crippen molar-refractivity contribution in [1.29, 1.82) is 0 Å². The minimum Gasteiger partial charge on any atom is -0.350 e. The molecule has 146 valence electrons. The number of H-pyrrole nitrogens is 1. The molecule has 6 nitrogen and oxygen atoms in total. The van der Waals surface area contributed by atoms with Gasteiger partial charge in [0.1, 0.15) is 11.5 Å². The van der Waals surface area contributed by atoms with E-state index in [1.54, 1.807) is 6.07 Å². The highest BCUT2D eigenvalue weighted by atomic mass is 16.5. The van der Waals surface area contributed by atoms with E-state index < -0.39 is 0 Å². The second-order valence-corrected chi connectivity index (χ2v) is 7.63. The number of hydrogen-bond acceptors (Lipinski definition) is 4. The van der Waals surface area contributed by atoms with Crippen molar-refractivity contribution < 1.29 is 9.32 Å². The van der Waals surface area contributed by atoms with Gasteiger partial charge in [0.25, 0.3) is 5.91 Å². The van der Waals surface area contributed by atoms with E-state index in [9.17, 15) is 4.79 Å². The third-order valence-corrected chi connectivity index (χ3v) is 5.62. The van der Waals surface area contributed by atoms with Gasteiger partial charge in [0.05, 0.1) is 11.0 Å². The van der Waals surface area contributed by atoms with E-state index in [0.29, 0.717) is 12.2 Å². The van der Waals surface area contributed by atoms with E-state index in [2.05, 4.69) is 23.1 Å². The van der Waals surface area contributed by atoms with Crippen LogP contribution in [0.25, 0.3) is 22.3 Å². The number of carbonyl (C=O) groups is 1. The SMILES string of the molecule is Cc1cccc2[nH]c(C3CCCN(C(=O)c4cc(-c5ccccc5)no4)C3)nc12. The number of carbonyl (C=O) groups excluding carboxylic acids is 1. The maximum atomic E-state index is 13.0. The molecule has 2 aromatic carbocycles. The molecule has 1 unspecified atom stereocenters. The number of para-hydroxylation sites is 1. The number of nitrogens with one attached hydrogen (secondary N) is 1. The molecule has 0 saturated carbocycles. The van der Waals surface area contributed by atoms with E-state index >= 15 is 0 Å². The van der Waals surface area contributed by atoms with Crippen molar-refractivity contribution in [2.75, 3.05) is 13.1 Å². The van der Waals surface area contributed by atoms with Crippen molar-refractivity contribution in [3.63, 3.8) is 0 Å². The predicted molar refractivity (Wildman–Crippen MR) is 111 cm³/mol. The molecule has 1 fully saturated rings. The molecule has 0 bridgehead atoms. The van der Waals surface area contributed by atoms with Crippen LogP contribution in [0.1, 0.15) is 40.7 Å². The Labute approximate surface area is 168 Å². The molecule has 1 saturated heterocycles. The molecular formula is C23H22N4O2. The van der Waals surface area contributed by atoms with E-state index in [4.69, 9.17) is 9.51 Å². The Kier molecular flexibility index (Phi) is 4.39. The average Bonchev–Trinajstić information content (AvgIpc) is 3.42. The van der Waals surface area contributed by atoms with Crippen LogP contribution in [0.15, 0.2) is 59.1 Å². The first kappa shape index (κ1) is 17.7. The van der Waals surface area contributed by atoms with Crippen molar-refractivity contribution in [1.82, 2.24) is 20.0 Å². The zero-order valence-electron chi connectivity index (χ0n) is 16.3. The van der Waals surface area contributed by atoms with Gasteiger partial charge in [-0.1, -0.05) is 47.6 Å². The normalized spacial score (nSPS) is 17.0. The highest BCUT2D eigenvalue weighted by Crippen LogP contribution is 2.29. The van der Waals surface area contributed by atoms with E-state index in [0.717, 1.165) is 47.4 Å². The number of nitrogens with zero attached hydrogens (tertiary/aromatic N) is 3. The van der Waals surface area contributed by atoms with Gasteiger partial charge in [-0.15, -0.1) is 0 Å². The summed E-state index contributed by atoms with van der Waals surface area (Å²) in [7, 11) is 0. The molecule has 1 aliphatic rings. The van der Waals surface area contributed by atoms with Gasteiger partial charge >= 0.3 is 0 Å². The third-order valence-electron chi connectivity index (χ3n) is 5.62. The Bertz CT molecular complexity index is 1160. The summed E-state index contributed by atoms with van der Waals surface area (Å²) >= 11 is 0. The molecule has 5 rings (SSSR count). The molecule has 1 N–H and O–H groups in total. The van der Waals surface area contributed by atoms with Crippen LogP contribution >= 0.6 is 0 Å². The molecule has 1 aliphatic heterocycles. The lowest BCUT2D eigenvalue weighted by Gasteiger charge is -2.31. The maximum absolute atomic E-state index is 13.0. The van der Waals surface area contributed by atoms with Gasteiger partial charge in [-0.05, 0) is 31.4 Å². The first-order chi connectivity index (χ1) is 14.2. The molecule has 3 heterocycles. The van der Waals surface area contributed by atoms with Crippen molar-refractivity contribution in [2.24, 2.45) is 0 Å². The smallest absolute Gasteiger partial charge is 0.292 e. The number of aromatic nitrogens is 3. The predicted octanol–water partition coefficient (Wildman–Crippen LogP) is 4.55. The van der Waals surface area contributed by atoms with E-state index in [-0.39, 0.29) is 17.6 Å². The summed E-state index contributed by atoms with van der Waals surface area (Å²) in [6, 6.07) is 17.6. The molecule has 29 heavy (non-hydrogen) atoms. The molecular weight excluding hydrogens is 364 g/mol. The summed E-state index contributed by atoms with van der Waals surface area (Å²) in [5.74, 6) is 1.31. The number of imidazole rings is 1. The van der Waals surface area contributed by atoms with Crippen molar-refractivity contribution in [3.05, 3.63) is 71.7 Å². The van der Waals surface area contributed by atoms with Crippen LogP contribution in [-0.2, 0) is 0 Å². The lowest BCUT2D eigenvalue weighted by Crippen LogP contribution is -2.39. The quantitative estimate of drug-likeness (QED) is 0.561. The summed E-state index contributed by atoms with van der Waals surface area (Å²) in [5, 5.41) is 4.08. The van der Waals surface area contributed by atoms with Crippen molar-refractivity contribution in [3.8, 4) is 11.3 Å². The Morgan fingerprint density at radius 2 is 2.03 bits per heavy atom. The zero-order chi connectivity index (χ0) is 19.8. The van der Waals surface area contributed by atoms with Crippen LogP contribution in [0, 0.1) is 6.92 Å². The Balaban J connectivity index is 1.36. The van der Waals surface area contributed by atoms with Gasteiger partial charge in [-0.25, -0.2) is 4.98 Å². The maximum Gasteiger partial charge on any atom is 0.292 e. The zero-order valence-corrected chi connectivity index (χ0v) is 16.3. The fraction of sp³-hybridized carbons (Fsp3) is 0.261. The van der Waals surface area contributed by atoms with Gasteiger partial charge < -0.3 is 14.4 Å². The Morgan fingerprint density at radius 1 is 1.17 bits per heavy atom. The summed E-state index contributed by atoms with van der Waals surface area (Å²) in [4.78, 5) is 23.1. The number of likely N-dealkylation sites (tertiary alicyclic amines) is 1. The molecule has 0 spiro atoms. The van der Waals surface area contributed by atoms with Gasteiger partial charge in [-0.3, -0.25) is 4.79 Å². The molecule has 0 aliphatic carbocycles. The van der Waals surface area contributed by atoms with Crippen LogP contribution in [0.5, 0.6) is 0 Å². The van der Waals surface area contributed by atoms with Gasteiger partial charge in [-0.2, -0.15) is 0 Å². The number of hydrogen-bond donors (Lipinski definition) is 1.